The number of aromatic nitrogens is 2. The van der Waals surface area contributed by atoms with Gasteiger partial charge in [-0.05, 0) is 35.4 Å². The molecule has 1 amide bonds. The average Bonchev–Trinajstić information content (AvgIpc) is 3.28. The number of hydrogen-bond donors (Lipinski definition) is 1. The van der Waals surface area contributed by atoms with Crippen molar-refractivity contribution in [1.82, 2.24) is 14.5 Å². The summed E-state index contributed by atoms with van der Waals surface area (Å²) in [6.45, 7) is 0.635. The van der Waals surface area contributed by atoms with Gasteiger partial charge < -0.3 is 5.32 Å². The quantitative estimate of drug-likeness (QED) is 0.464. The van der Waals surface area contributed by atoms with Crippen LogP contribution in [0.4, 0.5) is 0 Å². The number of benzene rings is 2. The summed E-state index contributed by atoms with van der Waals surface area (Å²) in [6, 6.07) is 21.3. The number of amides is 1. The van der Waals surface area contributed by atoms with Gasteiger partial charge in [-0.15, -0.1) is 11.3 Å². The van der Waals surface area contributed by atoms with Crippen molar-refractivity contribution in [2.45, 2.75) is 25.9 Å². The number of rotatable bonds is 8. The van der Waals surface area contributed by atoms with E-state index in [1.54, 1.807) is 11.4 Å². The summed E-state index contributed by atoms with van der Waals surface area (Å²) >= 11 is 1.29. The van der Waals surface area contributed by atoms with Crippen molar-refractivity contribution in [3.8, 4) is 0 Å². The molecule has 0 saturated heterocycles. The zero-order valence-corrected chi connectivity index (χ0v) is 17.8. The fourth-order valence-electron chi connectivity index (χ4n) is 3.56. The average molecular weight is 434 g/mol. The molecular formula is C24H23N3O3S. The standard InChI is InChI=1S/C24H23N3O3S/c28-21(25-14-11-18-7-3-1-4-8-18)17-27-20-13-16-31-22(20)23(29)26(24(27)30)15-12-19-9-5-2-6-10-19/h1-10,13,16H,11-12,14-15,17H2,(H,25,28). The molecule has 0 atom stereocenters. The molecule has 0 aliphatic carbocycles. The third-order valence-corrected chi connectivity index (χ3v) is 6.08. The highest BCUT2D eigenvalue weighted by molar-refractivity contribution is 7.17. The van der Waals surface area contributed by atoms with Crippen LogP contribution in [-0.2, 0) is 30.7 Å². The Morgan fingerprint density at radius 1 is 0.839 bits per heavy atom. The van der Waals surface area contributed by atoms with Gasteiger partial charge in [0.2, 0.25) is 5.91 Å². The highest BCUT2D eigenvalue weighted by Gasteiger charge is 2.16. The molecule has 2 heterocycles. The second-order valence-electron chi connectivity index (χ2n) is 7.28. The lowest BCUT2D eigenvalue weighted by Gasteiger charge is -2.12. The van der Waals surface area contributed by atoms with Gasteiger partial charge in [-0.2, -0.15) is 0 Å². The lowest BCUT2D eigenvalue weighted by Crippen LogP contribution is -2.42. The molecule has 0 spiro atoms. The molecule has 31 heavy (non-hydrogen) atoms. The molecule has 0 unspecified atom stereocenters. The molecule has 2 aromatic heterocycles. The highest BCUT2D eigenvalue weighted by Crippen LogP contribution is 2.15. The van der Waals surface area contributed by atoms with Crippen molar-refractivity contribution in [2.75, 3.05) is 6.54 Å². The maximum absolute atomic E-state index is 13.1. The first-order chi connectivity index (χ1) is 15.1. The van der Waals surface area contributed by atoms with Crippen molar-refractivity contribution in [2.24, 2.45) is 0 Å². The fourth-order valence-corrected chi connectivity index (χ4v) is 4.40. The summed E-state index contributed by atoms with van der Waals surface area (Å²) < 4.78 is 3.13. The van der Waals surface area contributed by atoms with Crippen LogP contribution in [0.5, 0.6) is 0 Å². The second kappa shape index (κ2) is 9.57. The number of fused-ring (bicyclic) bond motifs is 1. The molecule has 4 rings (SSSR count). The minimum atomic E-state index is -0.454. The van der Waals surface area contributed by atoms with Crippen molar-refractivity contribution in [1.29, 1.82) is 0 Å². The van der Waals surface area contributed by atoms with Gasteiger partial charge in [-0.3, -0.25) is 18.7 Å². The molecule has 0 aliphatic rings. The smallest absolute Gasteiger partial charge is 0.332 e. The predicted octanol–water partition coefficient (Wildman–Crippen LogP) is 2.83. The first-order valence-corrected chi connectivity index (χ1v) is 11.1. The summed E-state index contributed by atoms with van der Waals surface area (Å²) in [6.07, 6.45) is 1.28. The second-order valence-corrected chi connectivity index (χ2v) is 8.20. The molecule has 158 valence electrons. The van der Waals surface area contributed by atoms with Crippen LogP contribution in [0.15, 0.2) is 81.7 Å². The van der Waals surface area contributed by atoms with Crippen molar-refractivity contribution in [3.05, 3.63) is 104 Å². The molecular weight excluding hydrogens is 410 g/mol. The predicted molar refractivity (Wildman–Crippen MR) is 124 cm³/mol. The molecule has 4 aromatic rings. The Morgan fingerprint density at radius 3 is 2.16 bits per heavy atom. The van der Waals surface area contributed by atoms with Crippen LogP contribution in [-0.4, -0.2) is 21.6 Å². The lowest BCUT2D eigenvalue weighted by atomic mass is 10.1. The van der Waals surface area contributed by atoms with E-state index in [4.69, 9.17) is 0 Å². The zero-order chi connectivity index (χ0) is 21.6. The Hall–Kier alpha value is -3.45. The van der Waals surface area contributed by atoms with E-state index in [1.165, 1.54) is 20.5 Å². The van der Waals surface area contributed by atoms with E-state index in [9.17, 15) is 14.4 Å². The van der Waals surface area contributed by atoms with E-state index < -0.39 is 5.69 Å². The molecule has 0 aliphatic heterocycles. The summed E-state index contributed by atoms with van der Waals surface area (Å²) in [5.41, 5.74) is 1.94. The number of hydrogen-bond acceptors (Lipinski definition) is 4. The van der Waals surface area contributed by atoms with E-state index >= 15 is 0 Å². The number of thiophene rings is 1. The van der Waals surface area contributed by atoms with Gasteiger partial charge in [-0.25, -0.2) is 4.79 Å². The Balaban J connectivity index is 1.52. The minimum Gasteiger partial charge on any atom is -0.354 e. The van der Waals surface area contributed by atoms with Crippen molar-refractivity contribution < 1.29 is 4.79 Å². The van der Waals surface area contributed by atoms with Crippen LogP contribution in [0.2, 0.25) is 0 Å². The van der Waals surface area contributed by atoms with Crippen LogP contribution in [0.3, 0.4) is 0 Å². The van der Waals surface area contributed by atoms with E-state index in [0.29, 0.717) is 29.6 Å². The van der Waals surface area contributed by atoms with Gasteiger partial charge in [0.15, 0.2) is 0 Å². The van der Waals surface area contributed by atoms with Gasteiger partial charge in [-0.1, -0.05) is 60.7 Å². The maximum Gasteiger partial charge on any atom is 0.332 e. The van der Waals surface area contributed by atoms with Crippen LogP contribution >= 0.6 is 11.3 Å². The zero-order valence-electron chi connectivity index (χ0n) is 17.0. The SMILES string of the molecule is O=C(Cn1c(=O)n(CCc2ccccc2)c(=O)c2sccc21)NCCc1ccccc1. The van der Waals surface area contributed by atoms with Gasteiger partial charge in [0.05, 0.1) is 5.52 Å². The molecule has 0 bridgehead atoms. The number of carbonyl (C=O) groups is 1. The molecule has 0 radical (unpaired) electrons. The number of nitrogens with one attached hydrogen (secondary N) is 1. The normalized spacial score (nSPS) is 11.0. The van der Waals surface area contributed by atoms with E-state index in [2.05, 4.69) is 5.32 Å². The van der Waals surface area contributed by atoms with Gasteiger partial charge in [0.25, 0.3) is 5.56 Å². The summed E-state index contributed by atoms with van der Waals surface area (Å²) in [5.74, 6) is -0.251. The fraction of sp³-hybridized carbons (Fsp3) is 0.208. The number of carbonyl (C=O) groups excluding carboxylic acids is 1. The summed E-state index contributed by atoms with van der Waals surface area (Å²) in [7, 11) is 0. The Kier molecular flexibility index (Phi) is 6.43. The maximum atomic E-state index is 13.1. The first-order valence-electron chi connectivity index (χ1n) is 10.2. The topological polar surface area (TPSA) is 73.1 Å². The van der Waals surface area contributed by atoms with E-state index in [0.717, 1.165) is 11.1 Å². The first kappa shape index (κ1) is 20.8. The van der Waals surface area contributed by atoms with E-state index in [-0.39, 0.29) is 24.6 Å². The molecule has 2 aromatic carbocycles. The monoisotopic (exact) mass is 433 g/mol. The Labute approximate surface area is 183 Å². The third-order valence-electron chi connectivity index (χ3n) is 5.18. The molecule has 7 heteroatoms. The van der Waals surface area contributed by atoms with Crippen LogP contribution in [0.1, 0.15) is 11.1 Å². The van der Waals surface area contributed by atoms with Gasteiger partial charge in [0.1, 0.15) is 11.2 Å². The van der Waals surface area contributed by atoms with Crippen LogP contribution < -0.4 is 16.6 Å². The molecule has 0 saturated carbocycles. The van der Waals surface area contributed by atoms with E-state index in [1.807, 2.05) is 60.7 Å². The minimum absolute atomic E-state index is 0.119. The largest absolute Gasteiger partial charge is 0.354 e. The third kappa shape index (κ3) is 4.83. The summed E-state index contributed by atoms with van der Waals surface area (Å²) in [4.78, 5) is 38.5. The highest BCUT2D eigenvalue weighted by atomic mass is 32.1. The summed E-state index contributed by atoms with van der Waals surface area (Å²) in [5, 5.41) is 4.65. The lowest BCUT2D eigenvalue weighted by molar-refractivity contribution is -0.121. The van der Waals surface area contributed by atoms with Crippen molar-refractivity contribution >= 4 is 27.5 Å². The van der Waals surface area contributed by atoms with Gasteiger partial charge >= 0.3 is 5.69 Å². The van der Waals surface area contributed by atoms with Gasteiger partial charge in [0, 0.05) is 13.1 Å². The molecule has 1 N–H and O–H groups in total. The number of aryl methyl sites for hydroxylation is 1. The van der Waals surface area contributed by atoms with Crippen LogP contribution in [0.25, 0.3) is 10.2 Å². The molecule has 6 nitrogen and oxygen atoms in total. The number of nitrogens with zero attached hydrogens (tertiary/aromatic N) is 2. The Bertz CT molecular complexity index is 1290. The van der Waals surface area contributed by atoms with Crippen molar-refractivity contribution in [3.63, 3.8) is 0 Å². The Morgan fingerprint density at radius 2 is 1.48 bits per heavy atom. The molecule has 0 fully saturated rings. The van der Waals surface area contributed by atoms with Crippen LogP contribution in [0, 0.1) is 0 Å².